The van der Waals surface area contributed by atoms with Crippen molar-refractivity contribution in [2.45, 2.75) is 6.04 Å². The molecule has 1 rings (SSSR count). The van der Waals surface area contributed by atoms with E-state index in [-0.39, 0.29) is 18.4 Å². The molecule has 1 aromatic carbocycles. The number of hydrogen-bond acceptors (Lipinski definition) is 1. The van der Waals surface area contributed by atoms with Gasteiger partial charge in [-0.2, -0.15) is 0 Å². The van der Waals surface area contributed by atoms with E-state index in [1.54, 1.807) is 6.08 Å². The number of halogens is 2. The highest BCUT2D eigenvalue weighted by Crippen LogP contribution is 2.12. The van der Waals surface area contributed by atoms with Crippen LogP contribution in [0.3, 0.4) is 0 Å². The predicted octanol–water partition coefficient (Wildman–Crippen LogP) is 2.90. The van der Waals surface area contributed by atoms with E-state index in [4.69, 9.17) is 5.73 Å². The molecule has 0 fully saturated rings. The Bertz CT molecular complexity index is 245. The molecule has 1 nitrogen and oxygen atoms in total. The fraction of sp³-hybridized carbons (Fsp3) is 0.111. The molecule has 2 N–H and O–H groups in total. The van der Waals surface area contributed by atoms with Crippen molar-refractivity contribution in [3.8, 4) is 0 Å². The molecule has 0 unspecified atom stereocenters. The van der Waals surface area contributed by atoms with Crippen LogP contribution in [-0.2, 0) is 0 Å². The van der Waals surface area contributed by atoms with E-state index in [0.29, 0.717) is 0 Å². The van der Waals surface area contributed by atoms with Crippen LogP contribution in [0.15, 0.2) is 36.9 Å². The summed E-state index contributed by atoms with van der Waals surface area (Å²) in [5, 5.41) is 0. The van der Waals surface area contributed by atoms with Crippen LogP contribution in [0, 0.1) is 3.57 Å². The van der Waals surface area contributed by atoms with Gasteiger partial charge in [-0.1, -0.05) is 18.2 Å². The summed E-state index contributed by atoms with van der Waals surface area (Å²) in [7, 11) is 0. The van der Waals surface area contributed by atoms with Gasteiger partial charge in [0.25, 0.3) is 0 Å². The molecule has 0 radical (unpaired) electrons. The Morgan fingerprint density at radius 1 is 1.33 bits per heavy atom. The van der Waals surface area contributed by atoms with E-state index < -0.39 is 0 Å². The van der Waals surface area contributed by atoms with Gasteiger partial charge in [0.15, 0.2) is 0 Å². The molecule has 0 aliphatic rings. The van der Waals surface area contributed by atoms with Gasteiger partial charge in [0.05, 0.1) is 0 Å². The van der Waals surface area contributed by atoms with Crippen molar-refractivity contribution >= 4 is 35.0 Å². The summed E-state index contributed by atoms with van der Waals surface area (Å²) >= 11 is 2.27. The molecule has 0 amide bonds. The first-order valence-electron chi connectivity index (χ1n) is 3.37. The molecule has 0 saturated heterocycles. The van der Waals surface area contributed by atoms with Gasteiger partial charge in [0, 0.05) is 9.61 Å². The summed E-state index contributed by atoms with van der Waals surface area (Å²) in [6, 6.07) is 8.09. The summed E-state index contributed by atoms with van der Waals surface area (Å²) in [4.78, 5) is 0. The van der Waals surface area contributed by atoms with Crippen molar-refractivity contribution < 1.29 is 0 Å². The average molecular weight is 296 g/mol. The van der Waals surface area contributed by atoms with Crippen LogP contribution < -0.4 is 5.73 Å². The molecule has 1 atom stereocenters. The Morgan fingerprint density at radius 2 is 1.83 bits per heavy atom. The Hall–Kier alpha value is -0.0600. The SMILES string of the molecule is C=C[C@@H](N)c1ccc(I)cc1.Cl. The molecule has 0 aliphatic heterocycles. The minimum atomic E-state index is -0.0352. The second-order valence-electron chi connectivity index (χ2n) is 2.31. The first-order valence-corrected chi connectivity index (χ1v) is 4.45. The van der Waals surface area contributed by atoms with Crippen molar-refractivity contribution in [2.75, 3.05) is 0 Å². The van der Waals surface area contributed by atoms with Gasteiger partial charge in [-0.15, -0.1) is 19.0 Å². The second kappa shape index (κ2) is 5.56. The first kappa shape index (κ1) is 11.9. The van der Waals surface area contributed by atoms with Crippen molar-refractivity contribution in [3.05, 3.63) is 46.1 Å². The number of hydrogen-bond donors (Lipinski definition) is 1. The summed E-state index contributed by atoms with van der Waals surface area (Å²) in [6.07, 6.45) is 1.74. The van der Waals surface area contributed by atoms with E-state index in [2.05, 4.69) is 29.2 Å². The monoisotopic (exact) mass is 295 g/mol. The van der Waals surface area contributed by atoms with Crippen LogP contribution in [0.5, 0.6) is 0 Å². The molecule has 0 aliphatic carbocycles. The molecule has 0 spiro atoms. The molecule has 66 valence electrons. The topological polar surface area (TPSA) is 26.0 Å². The highest BCUT2D eigenvalue weighted by Gasteiger charge is 1.98. The zero-order chi connectivity index (χ0) is 8.27. The summed E-state index contributed by atoms with van der Waals surface area (Å²) in [5.74, 6) is 0. The quantitative estimate of drug-likeness (QED) is 0.659. The molecule has 12 heavy (non-hydrogen) atoms. The lowest BCUT2D eigenvalue weighted by Gasteiger charge is -2.05. The third-order valence-corrected chi connectivity index (χ3v) is 2.23. The standard InChI is InChI=1S/C9H10IN.ClH/c1-2-9(11)7-3-5-8(10)6-4-7;/h2-6,9H,1,11H2;1H/t9-;/m1./s1. The van der Waals surface area contributed by atoms with Gasteiger partial charge in [0.1, 0.15) is 0 Å². The number of benzene rings is 1. The molecule has 0 saturated carbocycles. The molecule has 1 aromatic rings. The highest BCUT2D eigenvalue weighted by molar-refractivity contribution is 14.1. The van der Waals surface area contributed by atoms with Crippen LogP contribution in [0.25, 0.3) is 0 Å². The predicted molar refractivity (Wildman–Crippen MR) is 63.5 cm³/mol. The van der Waals surface area contributed by atoms with Crippen molar-refractivity contribution in [2.24, 2.45) is 5.73 Å². The van der Waals surface area contributed by atoms with Crippen LogP contribution in [0.4, 0.5) is 0 Å². The third kappa shape index (κ3) is 3.13. The van der Waals surface area contributed by atoms with E-state index >= 15 is 0 Å². The Morgan fingerprint density at radius 3 is 2.25 bits per heavy atom. The molecule has 0 aromatic heterocycles. The Kier molecular flexibility index (Phi) is 5.53. The molecule has 0 heterocycles. The van der Waals surface area contributed by atoms with E-state index in [0.717, 1.165) is 5.56 Å². The molecular formula is C9H11ClIN. The second-order valence-corrected chi connectivity index (χ2v) is 3.56. The lowest BCUT2D eigenvalue weighted by atomic mass is 10.1. The average Bonchev–Trinajstić information content (AvgIpc) is 2.05. The van der Waals surface area contributed by atoms with Gasteiger partial charge in [-0.25, -0.2) is 0 Å². The lowest BCUT2D eigenvalue weighted by molar-refractivity contribution is 0.914. The fourth-order valence-corrected chi connectivity index (χ4v) is 1.18. The van der Waals surface area contributed by atoms with Crippen molar-refractivity contribution in [1.82, 2.24) is 0 Å². The summed E-state index contributed by atoms with van der Waals surface area (Å²) in [6.45, 7) is 3.63. The summed E-state index contributed by atoms with van der Waals surface area (Å²) in [5.41, 5.74) is 6.84. The number of nitrogens with two attached hydrogens (primary N) is 1. The van der Waals surface area contributed by atoms with Crippen molar-refractivity contribution in [3.63, 3.8) is 0 Å². The van der Waals surface area contributed by atoms with E-state index in [9.17, 15) is 0 Å². The largest absolute Gasteiger partial charge is 0.321 e. The maximum atomic E-state index is 5.72. The maximum Gasteiger partial charge on any atom is 0.0478 e. The molecule has 3 heteroatoms. The number of rotatable bonds is 2. The smallest absolute Gasteiger partial charge is 0.0478 e. The summed E-state index contributed by atoms with van der Waals surface area (Å²) < 4.78 is 1.22. The molecular weight excluding hydrogens is 284 g/mol. The highest BCUT2D eigenvalue weighted by atomic mass is 127. The fourth-order valence-electron chi connectivity index (χ4n) is 0.821. The minimum absolute atomic E-state index is 0. The van der Waals surface area contributed by atoms with Gasteiger partial charge in [-0.05, 0) is 40.3 Å². The lowest BCUT2D eigenvalue weighted by Crippen LogP contribution is -2.05. The van der Waals surface area contributed by atoms with Gasteiger partial charge in [0.2, 0.25) is 0 Å². The van der Waals surface area contributed by atoms with Gasteiger partial charge in [-0.3, -0.25) is 0 Å². The Balaban J connectivity index is 0.00000121. The first-order chi connectivity index (χ1) is 5.24. The normalized spacial score (nSPS) is 11.5. The van der Waals surface area contributed by atoms with Crippen LogP contribution in [-0.4, -0.2) is 0 Å². The van der Waals surface area contributed by atoms with E-state index in [1.807, 2.05) is 24.3 Å². The van der Waals surface area contributed by atoms with Gasteiger partial charge >= 0.3 is 0 Å². The van der Waals surface area contributed by atoms with E-state index in [1.165, 1.54) is 3.57 Å². The zero-order valence-corrected chi connectivity index (χ0v) is 9.51. The van der Waals surface area contributed by atoms with Crippen molar-refractivity contribution in [1.29, 1.82) is 0 Å². The van der Waals surface area contributed by atoms with Crippen LogP contribution in [0.1, 0.15) is 11.6 Å². The minimum Gasteiger partial charge on any atom is -0.321 e. The zero-order valence-electron chi connectivity index (χ0n) is 6.53. The van der Waals surface area contributed by atoms with Gasteiger partial charge < -0.3 is 5.73 Å². The molecule has 0 bridgehead atoms. The third-order valence-electron chi connectivity index (χ3n) is 1.51. The van der Waals surface area contributed by atoms with Crippen LogP contribution >= 0.6 is 35.0 Å². The Labute approximate surface area is 92.6 Å². The van der Waals surface area contributed by atoms with Crippen LogP contribution in [0.2, 0.25) is 0 Å². The maximum absolute atomic E-state index is 5.72.